The molecule has 7 nitrogen and oxygen atoms in total. The number of amides is 2. The van der Waals surface area contributed by atoms with Gasteiger partial charge in [0, 0.05) is 32.1 Å². The second-order valence-electron chi connectivity index (χ2n) is 7.63. The monoisotopic (exact) mass is 385 g/mol. The lowest BCUT2D eigenvalue weighted by molar-refractivity contribution is -0.129. The number of carbonyl (C=O) groups excluding carboxylic acids is 2. The predicted molar refractivity (Wildman–Crippen MR) is 111 cm³/mol. The summed E-state index contributed by atoms with van der Waals surface area (Å²) in [5, 5.41) is 3.00. The summed E-state index contributed by atoms with van der Waals surface area (Å²) in [6, 6.07) is 8.04. The molecule has 1 unspecified atom stereocenters. The minimum absolute atomic E-state index is 0.0465. The molecule has 1 saturated heterocycles. The van der Waals surface area contributed by atoms with E-state index in [-0.39, 0.29) is 30.2 Å². The van der Waals surface area contributed by atoms with Crippen LogP contribution in [0.3, 0.4) is 0 Å². The van der Waals surface area contributed by atoms with Crippen molar-refractivity contribution in [2.75, 3.05) is 31.5 Å². The topological polar surface area (TPSA) is 70.5 Å². The van der Waals surface area contributed by atoms with Gasteiger partial charge in [-0.05, 0) is 39.1 Å². The van der Waals surface area contributed by atoms with Gasteiger partial charge < -0.3 is 14.4 Å². The standard InChI is InChI=1S/C21H31N5O2/c1-5-24(6-2)11-12-25-18-10-8-7-9-17(18)22-21(25)23-20(28)16-13-19(27)26(14-16)15(3)4/h7-10,15-16H,5-6,11-14H2,1-4H3,(H,22,23,28). The molecule has 3 rings (SSSR count). The Kier molecular flexibility index (Phi) is 6.34. The first-order chi connectivity index (χ1) is 13.4. The largest absolute Gasteiger partial charge is 0.339 e. The predicted octanol–water partition coefficient (Wildman–Crippen LogP) is 2.57. The van der Waals surface area contributed by atoms with Gasteiger partial charge in [0.25, 0.3) is 0 Å². The number of hydrogen-bond donors (Lipinski definition) is 1. The highest BCUT2D eigenvalue weighted by molar-refractivity contribution is 5.97. The third kappa shape index (κ3) is 4.19. The van der Waals surface area contributed by atoms with Crippen LogP contribution in [-0.4, -0.2) is 63.4 Å². The molecule has 0 spiro atoms. The molecule has 1 fully saturated rings. The van der Waals surface area contributed by atoms with E-state index in [1.54, 1.807) is 4.90 Å². The van der Waals surface area contributed by atoms with Crippen molar-refractivity contribution in [3.05, 3.63) is 24.3 Å². The molecule has 1 aliphatic heterocycles. The molecule has 7 heteroatoms. The molecular formula is C21H31N5O2. The number of likely N-dealkylation sites (N-methyl/N-ethyl adjacent to an activating group) is 1. The van der Waals surface area contributed by atoms with E-state index in [2.05, 4.69) is 33.6 Å². The zero-order chi connectivity index (χ0) is 20.3. The average molecular weight is 386 g/mol. The van der Waals surface area contributed by atoms with E-state index in [0.29, 0.717) is 12.5 Å². The van der Waals surface area contributed by atoms with Crippen LogP contribution in [0.4, 0.5) is 5.95 Å². The number of imidazole rings is 1. The van der Waals surface area contributed by atoms with Crippen molar-refractivity contribution in [3.63, 3.8) is 0 Å². The third-order valence-corrected chi connectivity index (χ3v) is 5.58. The molecule has 1 N–H and O–H groups in total. The molecule has 2 heterocycles. The maximum absolute atomic E-state index is 12.9. The molecule has 0 bridgehead atoms. The summed E-state index contributed by atoms with van der Waals surface area (Å²) >= 11 is 0. The van der Waals surface area contributed by atoms with Crippen molar-refractivity contribution in [1.29, 1.82) is 0 Å². The molecule has 0 saturated carbocycles. The average Bonchev–Trinajstić information content (AvgIpc) is 3.23. The van der Waals surface area contributed by atoms with Gasteiger partial charge >= 0.3 is 0 Å². The van der Waals surface area contributed by atoms with Crippen molar-refractivity contribution in [2.45, 2.75) is 46.7 Å². The highest BCUT2D eigenvalue weighted by atomic mass is 16.2. The zero-order valence-corrected chi connectivity index (χ0v) is 17.3. The van der Waals surface area contributed by atoms with E-state index in [1.807, 2.05) is 38.1 Å². The van der Waals surface area contributed by atoms with Gasteiger partial charge in [-0.2, -0.15) is 0 Å². The number of rotatable bonds is 8. The number of carbonyl (C=O) groups is 2. The Labute approximate surface area is 166 Å². The van der Waals surface area contributed by atoms with Gasteiger partial charge in [-0.25, -0.2) is 4.98 Å². The molecule has 0 radical (unpaired) electrons. The summed E-state index contributed by atoms with van der Waals surface area (Å²) in [4.78, 5) is 33.8. The second kappa shape index (κ2) is 8.73. The molecule has 2 amide bonds. The highest BCUT2D eigenvalue weighted by Gasteiger charge is 2.36. The lowest BCUT2D eigenvalue weighted by atomic mass is 10.1. The van der Waals surface area contributed by atoms with Crippen LogP contribution >= 0.6 is 0 Å². The number of para-hydroxylation sites is 2. The number of nitrogens with one attached hydrogen (secondary N) is 1. The van der Waals surface area contributed by atoms with Crippen LogP contribution in [0.5, 0.6) is 0 Å². The van der Waals surface area contributed by atoms with Crippen LogP contribution in [0, 0.1) is 5.92 Å². The van der Waals surface area contributed by atoms with E-state index in [4.69, 9.17) is 0 Å². The Bertz CT molecular complexity index is 840. The van der Waals surface area contributed by atoms with Crippen LogP contribution in [0.1, 0.15) is 34.1 Å². The molecular weight excluding hydrogens is 354 g/mol. The third-order valence-electron chi connectivity index (χ3n) is 5.58. The van der Waals surface area contributed by atoms with Crippen molar-refractivity contribution >= 4 is 28.8 Å². The number of likely N-dealkylation sites (tertiary alicyclic amines) is 1. The number of hydrogen-bond acceptors (Lipinski definition) is 4. The Morgan fingerprint density at radius 3 is 2.64 bits per heavy atom. The molecule has 0 aliphatic carbocycles. The summed E-state index contributed by atoms with van der Waals surface area (Å²) in [6.07, 6.45) is 0.268. The molecule has 1 aromatic carbocycles. The fraction of sp³-hybridized carbons (Fsp3) is 0.571. The van der Waals surface area contributed by atoms with Crippen molar-refractivity contribution in [1.82, 2.24) is 19.4 Å². The summed E-state index contributed by atoms with van der Waals surface area (Å²) in [5.41, 5.74) is 1.87. The van der Waals surface area contributed by atoms with Gasteiger partial charge in [0.05, 0.1) is 17.0 Å². The molecule has 28 heavy (non-hydrogen) atoms. The second-order valence-corrected chi connectivity index (χ2v) is 7.63. The summed E-state index contributed by atoms with van der Waals surface area (Å²) in [6.45, 7) is 12.3. The summed E-state index contributed by atoms with van der Waals surface area (Å²) in [7, 11) is 0. The van der Waals surface area contributed by atoms with Crippen molar-refractivity contribution in [3.8, 4) is 0 Å². The van der Waals surface area contributed by atoms with Crippen LogP contribution in [0.15, 0.2) is 24.3 Å². The maximum atomic E-state index is 12.9. The first kappa shape index (κ1) is 20.3. The molecule has 1 atom stereocenters. The van der Waals surface area contributed by atoms with E-state index < -0.39 is 0 Å². The summed E-state index contributed by atoms with van der Waals surface area (Å²) < 4.78 is 2.07. The number of benzene rings is 1. The molecule has 1 aliphatic rings. The number of anilines is 1. The lowest BCUT2D eigenvalue weighted by Crippen LogP contribution is -2.34. The van der Waals surface area contributed by atoms with E-state index in [9.17, 15) is 9.59 Å². The minimum Gasteiger partial charge on any atom is -0.339 e. The fourth-order valence-corrected chi connectivity index (χ4v) is 3.80. The Balaban J connectivity index is 1.79. The van der Waals surface area contributed by atoms with Gasteiger partial charge in [0.2, 0.25) is 17.8 Å². The molecule has 1 aromatic heterocycles. The smallest absolute Gasteiger partial charge is 0.232 e. The van der Waals surface area contributed by atoms with Gasteiger partial charge in [0.1, 0.15) is 0 Å². The quantitative estimate of drug-likeness (QED) is 0.758. The number of fused-ring (bicyclic) bond motifs is 1. The molecule has 152 valence electrons. The van der Waals surface area contributed by atoms with Crippen molar-refractivity contribution < 1.29 is 9.59 Å². The van der Waals surface area contributed by atoms with E-state index in [1.165, 1.54) is 0 Å². The van der Waals surface area contributed by atoms with E-state index in [0.717, 1.165) is 37.2 Å². The van der Waals surface area contributed by atoms with Crippen LogP contribution in [0.2, 0.25) is 0 Å². The van der Waals surface area contributed by atoms with Crippen LogP contribution < -0.4 is 5.32 Å². The Hall–Kier alpha value is -2.41. The fourth-order valence-electron chi connectivity index (χ4n) is 3.80. The first-order valence-corrected chi connectivity index (χ1v) is 10.2. The normalized spacial score (nSPS) is 17.3. The van der Waals surface area contributed by atoms with Crippen LogP contribution in [-0.2, 0) is 16.1 Å². The van der Waals surface area contributed by atoms with Crippen molar-refractivity contribution in [2.24, 2.45) is 5.92 Å². The lowest BCUT2D eigenvalue weighted by Gasteiger charge is -2.21. The minimum atomic E-state index is -0.328. The van der Waals surface area contributed by atoms with Gasteiger partial charge in [0.15, 0.2) is 0 Å². The molecule has 2 aromatic rings. The number of aromatic nitrogens is 2. The SMILES string of the molecule is CCN(CC)CCn1c(NC(=O)C2CC(=O)N(C(C)C)C2)nc2ccccc21. The summed E-state index contributed by atoms with van der Waals surface area (Å²) in [5.74, 6) is 0.154. The first-order valence-electron chi connectivity index (χ1n) is 10.2. The van der Waals surface area contributed by atoms with E-state index >= 15 is 0 Å². The maximum Gasteiger partial charge on any atom is 0.232 e. The Morgan fingerprint density at radius 1 is 1.29 bits per heavy atom. The van der Waals surface area contributed by atoms with Crippen LogP contribution in [0.25, 0.3) is 11.0 Å². The number of nitrogens with zero attached hydrogens (tertiary/aromatic N) is 4. The zero-order valence-electron chi connectivity index (χ0n) is 17.3. The van der Waals surface area contributed by atoms with Gasteiger partial charge in [-0.3, -0.25) is 14.9 Å². The van der Waals surface area contributed by atoms with Gasteiger partial charge in [-0.1, -0.05) is 26.0 Å². The van der Waals surface area contributed by atoms with Gasteiger partial charge in [-0.15, -0.1) is 0 Å². The highest BCUT2D eigenvalue weighted by Crippen LogP contribution is 2.24. The Morgan fingerprint density at radius 2 is 2.00 bits per heavy atom.